The molecule has 0 spiro atoms. The predicted octanol–water partition coefficient (Wildman–Crippen LogP) is 1.66. The Balaban J connectivity index is 2.60. The Hall–Kier alpha value is -0.930. The van der Waals surface area contributed by atoms with E-state index in [0.717, 1.165) is 38.8 Å². The zero-order valence-corrected chi connectivity index (χ0v) is 9.86. The molecule has 0 amide bonds. The highest BCUT2D eigenvalue weighted by Crippen LogP contribution is 2.29. The fraction of sp³-hybridized carbons (Fsp3) is 0.615. The molecular formula is C13H21NO2. The van der Waals surface area contributed by atoms with Crippen LogP contribution in [0.25, 0.3) is 0 Å². The molecule has 0 N–H and O–H groups in total. The smallest absolute Gasteiger partial charge is 0.127 e. The second-order valence-electron chi connectivity index (χ2n) is 4.36. The Labute approximate surface area is 97.8 Å². The van der Waals surface area contributed by atoms with E-state index in [2.05, 4.69) is 18.1 Å². The summed E-state index contributed by atoms with van der Waals surface area (Å²) in [6, 6.07) is 0. The van der Waals surface area contributed by atoms with Crippen LogP contribution in [0, 0.1) is 5.41 Å². The Morgan fingerprint density at radius 1 is 1.19 bits per heavy atom. The minimum absolute atomic E-state index is 0.232. The third kappa shape index (κ3) is 3.58. The average molecular weight is 223 g/mol. The quantitative estimate of drug-likeness (QED) is 0.485. The first-order chi connectivity index (χ1) is 7.76. The van der Waals surface area contributed by atoms with E-state index in [0.29, 0.717) is 13.2 Å². The van der Waals surface area contributed by atoms with Gasteiger partial charge in [-0.15, -0.1) is 13.2 Å². The van der Waals surface area contributed by atoms with Crippen molar-refractivity contribution in [3.05, 3.63) is 25.3 Å². The van der Waals surface area contributed by atoms with Crippen LogP contribution in [0.3, 0.4) is 0 Å². The highest BCUT2D eigenvalue weighted by Gasteiger charge is 2.33. The van der Waals surface area contributed by atoms with Crippen molar-refractivity contribution in [1.29, 1.82) is 0 Å². The number of ether oxygens (including phenoxy) is 1. The zero-order valence-electron chi connectivity index (χ0n) is 9.86. The molecule has 0 aliphatic carbocycles. The predicted molar refractivity (Wildman–Crippen MR) is 65.4 cm³/mol. The van der Waals surface area contributed by atoms with Crippen LogP contribution in [0.5, 0.6) is 0 Å². The summed E-state index contributed by atoms with van der Waals surface area (Å²) in [6.45, 7) is 11.2. The second-order valence-corrected chi connectivity index (χ2v) is 4.36. The van der Waals surface area contributed by atoms with Crippen molar-refractivity contribution in [2.75, 3.05) is 32.8 Å². The van der Waals surface area contributed by atoms with E-state index in [1.54, 1.807) is 0 Å². The Morgan fingerprint density at radius 2 is 1.75 bits per heavy atom. The summed E-state index contributed by atoms with van der Waals surface area (Å²) in [5.74, 6) is 0. The molecule has 0 radical (unpaired) electrons. The average Bonchev–Trinajstić information content (AvgIpc) is 2.31. The number of carbonyl (C=O) groups is 1. The van der Waals surface area contributed by atoms with Crippen LogP contribution in [0.15, 0.2) is 25.3 Å². The van der Waals surface area contributed by atoms with Crippen LogP contribution in [-0.4, -0.2) is 44.0 Å². The van der Waals surface area contributed by atoms with Gasteiger partial charge in [0.15, 0.2) is 0 Å². The highest BCUT2D eigenvalue weighted by molar-refractivity contribution is 5.60. The van der Waals surface area contributed by atoms with E-state index < -0.39 is 0 Å². The molecular weight excluding hydrogens is 202 g/mol. The monoisotopic (exact) mass is 223 g/mol. The summed E-state index contributed by atoms with van der Waals surface area (Å²) in [4.78, 5) is 13.5. The normalized spacial score (nSPS) is 19.3. The van der Waals surface area contributed by atoms with Crippen molar-refractivity contribution < 1.29 is 9.53 Å². The number of nitrogens with zero attached hydrogens (tertiary/aromatic N) is 1. The van der Waals surface area contributed by atoms with Gasteiger partial charge in [-0.25, -0.2) is 0 Å². The van der Waals surface area contributed by atoms with Gasteiger partial charge in [0.2, 0.25) is 0 Å². The van der Waals surface area contributed by atoms with Crippen molar-refractivity contribution in [2.24, 2.45) is 5.41 Å². The minimum Gasteiger partial charge on any atom is -0.381 e. The van der Waals surface area contributed by atoms with Gasteiger partial charge in [0, 0.05) is 38.3 Å². The summed E-state index contributed by atoms with van der Waals surface area (Å²) in [5, 5.41) is 0. The molecule has 0 aromatic rings. The maximum absolute atomic E-state index is 11.3. The molecule has 3 nitrogen and oxygen atoms in total. The van der Waals surface area contributed by atoms with Crippen LogP contribution in [0.1, 0.15) is 12.8 Å². The van der Waals surface area contributed by atoms with Gasteiger partial charge in [-0.1, -0.05) is 12.2 Å². The number of carbonyl (C=O) groups excluding carboxylic acids is 1. The van der Waals surface area contributed by atoms with Gasteiger partial charge in [-0.2, -0.15) is 0 Å². The third-order valence-electron chi connectivity index (χ3n) is 3.05. The lowest BCUT2D eigenvalue weighted by atomic mass is 9.81. The highest BCUT2D eigenvalue weighted by atomic mass is 16.5. The van der Waals surface area contributed by atoms with Crippen molar-refractivity contribution >= 4 is 6.29 Å². The summed E-state index contributed by atoms with van der Waals surface area (Å²) in [6.07, 6.45) is 6.47. The van der Waals surface area contributed by atoms with Gasteiger partial charge in [0.05, 0.1) is 0 Å². The summed E-state index contributed by atoms with van der Waals surface area (Å²) in [5.41, 5.74) is -0.232. The molecule has 90 valence electrons. The first kappa shape index (κ1) is 13.1. The number of hydrogen-bond donors (Lipinski definition) is 0. The topological polar surface area (TPSA) is 29.5 Å². The largest absolute Gasteiger partial charge is 0.381 e. The molecule has 0 bridgehead atoms. The van der Waals surface area contributed by atoms with Crippen molar-refractivity contribution in [1.82, 2.24) is 4.90 Å². The maximum atomic E-state index is 11.3. The van der Waals surface area contributed by atoms with Gasteiger partial charge in [-0.3, -0.25) is 4.90 Å². The summed E-state index contributed by atoms with van der Waals surface area (Å²) in [7, 11) is 0. The number of hydrogen-bond acceptors (Lipinski definition) is 3. The first-order valence-electron chi connectivity index (χ1n) is 5.74. The molecule has 16 heavy (non-hydrogen) atoms. The Morgan fingerprint density at radius 3 is 2.19 bits per heavy atom. The lowest BCUT2D eigenvalue weighted by Crippen LogP contribution is -2.42. The van der Waals surface area contributed by atoms with Crippen molar-refractivity contribution in [3.63, 3.8) is 0 Å². The number of rotatable bonds is 7. The minimum atomic E-state index is -0.232. The van der Waals surface area contributed by atoms with Gasteiger partial charge < -0.3 is 9.53 Å². The van der Waals surface area contributed by atoms with Crippen LogP contribution < -0.4 is 0 Å². The van der Waals surface area contributed by atoms with Gasteiger partial charge in [0.1, 0.15) is 6.29 Å². The molecule has 1 heterocycles. The molecule has 0 aromatic carbocycles. The Bertz CT molecular complexity index is 234. The molecule has 0 unspecified atom stereocenters. The van der Waals surface area contributed by atoms with Crippen LogP contribution in [0.4, 0.5) is 0 Å². The Kier molecular flexibility index (Phi) is 5.43. The van der Waals surface area contributed by atoms with Gasteiger partial charge in [-0.05, 0) is 12.8 Å². The molecule has 1 aliphatic rings. The van der Waals surface area contributed by atoms with Gasteiger partial charge in [0.25, 0.3) is 0 Å². The van der Waals surface area contributed by atoms with Gasteiger partial charge >= 0.3 is 0 Å². The zero-order chi connectivity index (χ0) is 11.9. The van der Waals surface area contributed by atoms with E-state index in [-0.39, 0.29) is 5.41 Å². The molecule has 1 saturated heterocycles. The summed E-state index contributed by atoms with van der Waals surface area (Å²) >= 11 is 0. The molecule has 1 fully saturated rings. The molecule has 1 rings (SSSR count). The molecule has 0 saturated carbocycles. The van der Waals surface area contributed by atoms with E-state index in [4.69, 9.17) is 4.74 Å². The molecule has 0 aromatic heterocycles. The van der Waals surface area contributed by atoms with Crippen LogP contribution in [-0.2, 0) is 9.53 Å². The fourth-order valence-electron chi connectivity index (χ4n) is 2.11. The summed E-state index contributed by atoms with van der Waals surface area (Å²) < 4.78 is 5.31. The van der Waals surface area contributed by atoms with Crippen molar-refractivity contribution in [2.45, 2.75) is 12.8 Å². The standard InChI is InChI=1S/C13H21NO2/c1-3-7-14(8-4-2)11-13(12-15)5-9-16-10-6-13/h3-4,12H,1-2,5-11H2. The fourth-order valence-corrected chi connectivity index (χ4v) is 2.11. The van der Waals surface area contributed by atoms with Crippen LogP contribution in [0.2, 0.25) is 0 Å². The SMILES string of the molecule is C=CCN(CC=C)CC1(C=O)CCOCC1. The van der Waals surface area contributed by atoms with E-state index in [1.165, 1.54) is 0 Å². The first-order valence-corrected chi connectivity index (χ1v) is 5.74. The van der Waals surface area contributed by atoms with E-state index in [1.807, 2.05) is 12.2 Å². The molecule has 3 heteroatoms. The lowest BCUT2D eigenvalue weighted by Gasteiger charge is -2.36. The molecule has 1 aliphatic heterocycles. The molecule has 0 atom stereocenters. The number of aldehydes is 1. The van der Waals surface area contributed by atoms with Crippen LogP contribution >= 0.6 is 0 Å². The van der Waals surface area contributed by atoms with E-state index in [9.17, 15) is 4.79 Å². The van der Waals surface area contributed by atoms with E-state index >= 15 is 0 Å². The maximum Gasteiger partial charge on any atom is 0.127 e. The van der Waals surface area contributed by atoms with Crippen molar-refractivity contribution in [3.8, 4) is 0 Å². The lowest BCUT2D eigenvalue weighted by molar-refractivity contribution is -0.122. The second kappa shape index (κ2) is 6.61. The third-order valence-corrected chi connectivity index (χ3v) is 3.05.